The molecule has 2 heteroatoms. The third kappa shape index (κ3) is 3.59. The van der Waals surface area contributed by atoms with Crippen molar-refractivity contribution in [2.45, 2.75) is 13.3 Å². The normalized spacial score (nSPS) is 9.95. The van der Waals surface area contributed by atoms with Crippen LogP contribution in [0, 0.1) is 0 Å². The number of rotatable bonds is 6. The molecule has 0 aliphatic carbocycles. The highest BCUT2D eigenvalue weighted by Gasteiger charge is 2.09. The van der Waals surface area contributed by atoms with Crippen LogP contribution in [0.2, 0.25) is 0 Å². The summed E-state index contributed by atoms with van der Waals surface area (Å²) >= 11 is 0. The van der Waals surface area contributed by atoms with Crippen LogP contribution in [0.25, 0.3) is 5.57 Å². The quantitative estimate of drug-likeness (QED) is 0.690. The van der Waals surface area contributed by atoms with Gasteiger partial charge in [-0.1, -0.05) is 35.9 Å². The highest BCUT2D eigenvalue weighted by molar-refractivity contribution is 5.82. The first kappa shape index (κ1) is 15.9. The minimum Gasteiger partial charge on any atom is -0.497 e. The van der Waals surface area contributed by atoms with Crippen LogP contribution < -0.4 is 9.47 Å². The van der Waals surface area contributed by atoms with E-state index in [4.69, 9.17) is 9.47 Å². The number of hydrogen-bond donors (Lipinski definition) is 0. The predicted molar refractivity (Wildman–Crippen MR) is 92.5 cm³/mol. The molecule has 0 aromatic heterocycles. The molecule has 0 heterocycles. The van der Waals surface area contributed by atoms with Crippen molar-refractivity contribution < 1.29 is 9.47 Å². The summed E-state index contributed by atoms with van der Waals surface area (Å²) < 4.78 is 10.5. The van der Waals surface area contributed by atoms with Crippen LogP contribution >= 0.6 is 0 Å². The van der Waals surface area contributed by atoms with Gasteiger partial charge in [-0.05, 0) is 54.3 Å². The predicted octanol–water partition coefficient (Wildman–Crippen LogP) is 5.10. The molecule has 0 unspecified atom stereocenters. The van der Waals surface area contributed by atoms with Crippen molar-refractivity contribution in [2.75, 3.05) is 14.2 Å². The molecule has 0 radical (unpaired) electrons. The number of allylic oxidation sites excluding steroid dienone is 2. The van der Waals surface area contributed by atoms with Gasteiger partial charge in [-0.25, -0.2) is 0 Å². The Morgan fingerprint density at radius 1 is 0.864 bits per heavy atom. The molecule has 0 fully saturated rings. The fraction of sp³-hybridized carbons (Fsp3) is 0.200. The molecule has 2 aromatic rings. The molecule has 114 valence electrons. The molecule has 0 N–H and O–H groups in total. The molecular weight excluding hydrogens is 272 g/mol. The van der Waals surface area contributed by atoms with E-state index in [1.54, 1.807) is 14.2 Å². The summed E-state index contributed by atoms with van der Waals surface area (Å²) in [4.78, 5) is 0. The van der Waals surface area contributed by atoms with Crippen molar-refractivity contribution in [1.82, 2.24) is 0 Å². The standard InChI is InChI=1S/C20H22O2/c1-5-6-15(2)20(16-7-11-18(21-3)12-8-16)17-9-13-19(22-4)14-10-17/h5,7-14H,1,6H2,2-4H3. The Morgan fingerprint density at radius 2 is 1.27 bits per heavy atom. The highest BCUT2D eigenvalue weighted by Crippen LogP contribution is 2.30. The maximum Gasteiger partial charge on any atom is 0.118 e. The zero-order valence-electron chi connectivity index (χ0n) is 13.4. The second kappa shape index (κ2) is 7.51. The van der Waals surface area contributed by atoms with Gasteiger partial charge in [0.25, 0.3) is 0 Å². The van der Waals surface area contributed by atoms with Gasteiger partial charge in [-0.2, -0.15) is 0 Å². The van der Waals surface area contributed by atoms with Crippen LogP contribution in [0.5, 0.6) is 11.5 Å². The van der Waals surface area contributed by atoms with E-state index < -0.39 is 0 Å². The fourth-order valence-electron chi connectivity index (χ4n) is 2.49. The first-order valence-corrected chi connectivity index (χ1v) is 7.29. The molecule has 0 saturated carbocycles. The van der Waals surface area contributed by atoms with Crippen molar-refractivity contribution in [3.05, 3.63) is 77.9 Å². The summed E-state index contributed by atoms with van der Waals surface area (Å²) in [7, 11) is 3.36. The van der Waals surface area contributed by atoms with Crippen LogP contribution in [0.4, 0.5) is 0 Å². The van der Waals surface area contributed by atoms with Crippen molar-refractivity contribution in [2.24, 2.45) is 0 Å². The average molecular weight is 294 g/mol. The lowest BCUT2D eigenvalue weighted by molar-refractivity contribution is 0.414. The van der Waals surface area contributed by atoms with Crippen LogP contribution in [-0.2, 0) is 0 Å². The summed E-state index contributed by atoms with van der Waals surface area (Å²) in [5.74, 6) is 1.72. The fourth-order valence-corrected chi connectivity index (χ4v) is 2.49. The van der Waals surface area contributed by atoms with E-state index >= 15 is 0 Å². The highest BCUT2D eigenvalue weighted by atomic mass is 16.5. The van der Waals surface area contributed by atoms with E-state index in [0.717, 1.165) is 17.9 Å². The van der Waals surface area contributed by atoms with Crippen molar-refractivity contribution in [3.63, 3.8) is 0 Å². The lowest BCUT2D eigenvalue weighted by atomic mass is 9.92. The SMILES string of the molecule is C=CCC(C)=C(c1ccc(OC)cc1)c1ccc(OC)cc1. The molecular formula is C20H22O2. The summed E-state index contributed by atoms with van der Waals surface area (Å²) in [6.45, 7) is 6.00. The Balaban J connectivity index is 2.50. The first-order chi connectivity index (χ1) is 10.7. The van der Waals surface area contributed by atoms with Crippen LogP contribution in [-0.4, -0.2) is 14.2 Å². The summed E-state index contributed by atoms with van der Waals surface area (Å²) in [5.41, 5.74) is 4.85. The average Bonchev–Trinajstić information content (AvgIpc) is 2.56. The molecule has 0 saturated heterocycles. The minimum absolute atomic E-state index is 0.855. The van der Waals surface area contributed by atoms with E-state index in [0.29, 0.717) is 0 Å². The largest absolute Gasteiger partial charge is 0.497 e. The molecule has 0 amide bonds. The van der Waals surface area contributed by atoms with Gasteiger partial charge in [0.15, 0.2) is 0 Å². The van der Waals surface area contributed by atoms with E-state index in [-0.39, 0.29) is 0 Å². The van der Waals surface area contributed by atoms with E-state index in [1.807, 2.05) is 30.3 Å². The number of hydrogen-bond acceptors (Lipinski definition) is 2. The van der Waals surface area contributed by atoms with Gasteiger partial charge in [0.05, 0.1) is 14.2 Å². The monoisotopic (exact) mass is 294 g/mol. The van der Waals surface area contributed by atoms with Gasteiger partial charge in [-0.15, -0.1) is 6.58 Å². The molecule has 2 aromatic carbocycles. The first-order valence-electron chi connectivity index (χ1n) is 7.29. The van der Waals surface area contributed by atoms with Gasteiger partial charge >= 0.3 is 0 Å². The van der Waals surface area contributed by atoms with Gasteiger partial charge in [0, 0.05) is 0 Å². The molecule has 0 aliphatic rings. The van der Waals surface area contributed by atoms with Crippen LogP contribution in [0.15, 0.2) is 66.8 Å². The molecule has 0 spiro atoms. The van der Waals surface area contributed by atoms with Gasteiger partial charge in [-0.3, -0.25) is 0 Å². The summed E-state index contributed by atoms with van der Waals surface area (Å²) in [6.07, 6.45) is 2.79. The second-order valence-corrected chi connectivity index (χ2v) is 5.11. The summed E-state index contributed by atoms with van der Waals surface area (Å²) in [5, 5.41) is 0. The van der Waals surface area contributed by atoms with Gasteiger partial charge in [0.2, 0.25) is 0 Å². The Hall–Kier alpha value is -2.48. The molecule has 0 bridgehead atoms. The lowest BCUT2D eigenvalue weighted by Crippen LogP contribution is -1.93. The minimum atomic E-state index is 0.855. The lowest BCUT2D eigenvalue weighted by Gasteiger charge is -2.14. The van der Waals surface area contributed by atoms with Gasteiger partial charge < -0.3 is 9.47 Å². The summed E-state index contributed by atoms with van der Waals surface area (Å²) in [6, 6.07) is 16.3. The maximum absolute atomic E-state index is 5.24. The Morgan fingerprint density at radius 3 is 1.59 bits per heavy atom. The third-order valence-corrected chi connectivity index (χ3v) is 3.63. The van der Waals surface area contributed by atoms with Crippen molar-refractivity contribution >= 4 is 5.57 Å². The molecule has 0 aliphatic heterocycles. The Kier molecular flexibility index (Phi) is 5.42. The Labute approximate surface area is 132 Å². The van der Waals surface area contributed by atoms with Crippen LogP contribution in [0.3, 0.4) is 0 Å². The zero-order chi connectivity index (χ0) is 15.9. The zero-order valence-corrected chi connectivity index (χ0v) is 13.4. The van der Waals surface area contributed by atoms with Crippen molar-refractivity contribution in [3.8, 4) is 11.5 Å². The molecule has 22 heavy (non-hydrogen) atoms. The van der Waals surface area contributed by atoms with Crippen LogP contribution in [0.1, 0.15) is 24.5 Å². The number of benzene rings is 2. The van der Waals surface area contributed by atoms with E-state index in [9.17, 15) is 0 Å². The molecule has 2 rings (SSSR count). The second-order valence-electron chi connectivity index (χ2n) is 5.11. The Bertz CT molecular complexity index is 600. The topological polar surface area (TPSA) is 18.5 Å². The van der Waals surface area contributed by atoms with Crippen molar-refractivity contribution in [1.29, 1.82) is 0 Å². The number of methoxy groups -OCH3 is 2. The number of ether oxygens (including phenoxy) is 2. The van der Waals surface area contributed by atoms with E-state index in [1.165, 1.54) is 22.3 Å². The third-order valence-electron chi connectivity index (χ3n) is 3.63. The smallest absolute Gasteiger partial charge is 0.118 e. The van der Waals surface area contributed by atoms with E-state index in [2.05, 4.69) is 37.8 Å². The van der Waals surface area contributed by atoms with Gasteiger partial charge in [0.1, 0.15) is 11.5 Å². The molecule has 2 nitrogen and oxygen atoms in total. The maximum atomic E-state index is 5.24. The molecule has 0 atom stereocenters.